The van der Waals surface area contributed by atoms with Crippen LogP contribution in [0.2, 0.25) is 0 Å². The Labute approximate surface area is 158 Å². The Morgan fingerprint density at radius 3 is 2.50 bits per heavy atom. The van der Waals surface area contributed by atoms with Gasteiger partial charge in [0.25, 0.3) is 0 Å². The van der Waals surface area contributed by atoms with Gasteiger partial charge in [-0.1, -0.05) is 30.3 Å². The Morgan fingerprint density at radius 1 is 1.15 bits per heavy atom. The van der Waals surface area contributed by atoms with Crippen molar-refractivity contribution in [2.24, 2.45) is 4.99 Å². The Kier molecular flexibility index (Phi) is 8.88. The normalized spacial score (nSPS) is 19.2. The highest BCUT2D eigenvalue weighted by Crippen LogP contribution is 2.14. The summed E-state index contributed by atoms with van der Waals surface area (Å²) >= 11 is 0. The van der Waals surface area contributed by atoms with Crippen LogP contribution in [0.1, 0.15) is 31.9 Å². The largest absolute Gasteiger partial charge is 0.388 e. The molecular weight excluding hydrogens is 326 g/mol. The van der Waals surface area contributed by atoms with Crippen molar-refractivity contribution in [3.8, 4) is 0 Å². The van der Waals surface area contributed by atoms with E-state index in [0.29, 0.717) is 19.0 Å². The second-order valence-electron chi connectivity index (χ2n) is 7.05. The van der Waals surface area contributed by atoms with Crippen LogP contribution >= 0.6 is 0 Å². The quantitative estimate of drug-likeness (QED) is 0.481. The smallest absolute Gasteiger partial charge is 0.191 e. The molecular formula is C20H35N5O. The van der Waals surface area contributed by atoms with Gasteiger partial charge in [0.15, 0.2) is 5.96 Å². The van der Waals surface area contributed by atoms with Crippen LogP contribution in [0, 0.1) is 0 Å². The first-order chi connectivity index (χ1) is 12.6. The van der Waals surface area contributed by atoms with Gasteiger partial charge in [0.1, 0.15) is 0 Å². The van der Waals surface area contributed by atoms with Crippen LogP contribution in [0.15, 0.2) is 35.3 Å². The van der Waals surface area contributed by atoms with Gasteiger partial charge in [-0.3, -0.25) is 9.89 Å². The number of aliphatic hydroxyl groups excluding tert-OH is 1. The molecule has 0 amide bonds. The zero-order chi connectivity index (χ0) is 18.8. The molecule has 146 valence electrons. The fraction of sp³-hybridized carbons (Fsp3) is 0.650. The first kappa shape index (κ1) is 20.7. The first-order valence-corrected chi connectivity index (χ1v) is 9.78. The first-order valence-electron chi connectivity index (χ1n) is 9.78. The summed E-state index contributed by atoms with van der Waals surface area (Å²) in [5.41, 5.74) is 0.958. The average molecular weight is 362 g/mol. The van der Waals surface area contributed by atoms with E-state index in [-0.39, 0.29) is 0 Å². The second kappa shape index (κ2) is 11.2. The Hall–Kier alpha value is -1.63. The number of guanidine groups is 1. The van der Waals surface area contributed by atoms with E-state index >= 15 is 0 Å². The molecule has 3 N–H and O–H groups in total. The van der Waals surface area contributed by atoms with Gasteiger partial charge in [-0.15, -0.1) is 0 Å². The molecule has 6 nitrogen and oxygen atoms in total. The van der Waals surface area contributed by atoms with Gasteiger partial charge in [0.2, 0.25) is 0 Å². The Bertz CT molecular complexity index is 528. The molecule has 0 aromatic heterocycles. The molecule has 0 spiro atoms. The molecule has 6 heteroatoms. The number of aliphatic imine (C=N–C) groups is 1. The topological polar surface area (TPSA) is 63.1 Å². The van der Waals surface area contributed by atoms with E-state index in [1.807, 2.05) is 30.3 Å². The molecule has 2 atom stereocenters. The van der Waals surface area contributed by atoms with Gasteiger partial charge in [-0.2, -0.15) is 0 Å². The van der Waals surface area contributed by atoms with Crippen molar-refractivity contribution in [1.82, 2.24) is 20.4 Å². The fourth-order valence-corrected chi connectivity index (χ4v) is 3.11. The summed E-state index contributed by atoms with van der Waals surface area (Å²) in [5, 5.41) is 16.9. The third-order valence-electron chi connectivity index (χ3n) is 4.91. The van der Waals surface area contributed by atoms with Crippen molar-refractivity contribution >= 4 is 5.96 Å². The summed E-state index contributed by atoms with van der Waals surface area (Å²) in [4.78, 5) is 9.61. The molecule has 2 rings (SSSR count). The molecule has 0 bridgehead atoms. The van der Waals surface area contributed by atoms with Crippen molar-refractivity contribution in [2.45, 2.75) is 32.4 Å². The summed E-state index contributed by atoms with van der Waals surface area (Å²) in [7, 11) is 2.18. The van der Waals surface area contributed by atoms with E-state index in [4.69, 9.17) is 4.99 Å². The zero-order valence-corrected chi connectivity index (χ0v) is 16.5. The van der Waals surface area contributed by atoms with E-state index in [1.165, 1.54) is 0 Å². The number of piperazine rings is 1. The molecule has 0 aliphatic carbocycles. The van der Waals surface area contributed by atoms with Gasteiger partial charge in [-0.25, -0.2) is 0 Å². The molecule has 1 aliphatic rings. The van der Waals surface area contributed by atoms with Crippen molar-refractivity contribution < 1.29 is 5.11 Å². The third-order valence-corrected chi connectivity index (χ3v) is 4.91. The molecule has 2 unspecified atom stereocenters. The number of hydrogen-bond donors (Lipinski definition) is 3. The molecule has 1 aliphatic heterocycles. The lowest BCUT2D eigenvalue weighted by Gasteiger charge is -2.35. The van der Waals surface area contributed by atoms with Crippen molar-refractivity contribution in [3.05, 3.63) is 35.9 Å². The number of hydrogen-bond acceptors (Lipinski definition) is 4. The van der Waals surface area contributed by atoms with E-state index in [9.17, 15) is 5.11 Å². The summed E-state index contributed by atoms with van der Waals surface area (Å²) in [6, 6.07) is 10.2. The van der Waals surface area contributed by atoms with Crippen LogP contribution in [0.5, 0.6) is 0 Å². The zero-order valence-electron chi connectivity index (χ0n) is 16.5. The number of nitrogens with one attached hydrogen (secondary N) is 2. The number of aliphatic hydroxyl groups is 1. The molecule has 0 saturated carbocycles. The van der Waals surface area contributed by atoms with E-state index in [1.54, 1.807) is 0 Å². The van der Waals surface area contributed by atoms with Crippen LogP contribution in [0.25, 0.3) is 0 Å². The monoisotopic (exact) mass is 361 g/mol. The highest BCUT2D eigenvalue weighted by atomic mass is 16.3. The van der Waals surface area contributed by atoms with Crippen LogP contribution in [-0.2, 0) is 0 Å². The van der Waals surface area contributed by atoms with E-state index in [0.717, 1.165) is 50.8 Å². The van der Waals surface area contributed by atoms with E-state index < -0.39 is 6.10 Å². The molecule has 26 heavy (non-hydrogen) atoms. The maximum Gasteiger partial charge on any atom is 0.191 e. The summed E-state index contributed by atoms with van der Waals surface area (Å²) in [6.07, 6.45) is 0.207. The molecule has 1 saturated heterocycles. The predicted molar refractivity (Wildman–Crippen MR) is 109 cm³/mol. The van der Waals surface area contributed by atoms with Crippen LogP contribution in [-0.4, -0.2) is 79.8 Å². The minimum Gasteiger partial charge on any atom is -0.388 e. The second-order valence-corrected chi connectivity index (χ2v) is 7.05. The maximum absolute atomic E-state index is 10.3. The number of rotatable bonds is 8. The summed E-state index contributed by atoms with van der Waals surface area (Å²) in [6.45, 7) is 11.1. The Balaban J connectivity index is 1.77. The number of benzene rings is 1. The fourth-order valence-electron chi connectivity index (χ4n) is 3.11. The molecule has 1 aromatic rings. The minimum atomic E-state index is -0.448. The Morgan fingerprint density at radius 2 is 1.85 bits per heavy atom. The summed E-state index contributed by atoms with van der Waals surface area (Å²) in [5.74, 6) is 0.828. The minimum absolute atomic E-state index is 0.439. The molecule has 0 radical (unpaired) electrons. The van der Waals surface area contributed by atoms with Gasteiger partial charge < -0.3 is 20.6 Å². The number of nitrogens with zero attached hydrogens (tertiary/aromatic N) is 3. The van der Waals surface area contributed by atoms with Crippen LogP contribution in [0.4, 0.5) is 0 Å². The number of likely N-dealkylation sites (N-methyl/N-ethyl adjacent to an activating group) is 1. The standard InChI is InChI=1S/C20H35N5O/c1-4-21-20(22-11-10-19(26)18-8-6-5-7-9-18)23-16-17(2)25-14-12-24(3)13-15-25/h5-9,17,19,26H,4,10-16H2,1-3H3,(H2,21,22,23). The highest BCUT2D eigenvalue weighted by Gasteiger charge is 2.18. The van der Waals surface area contributed by atoms with Crippen molar-refractivity contribution in [1.29, 1.82) is 0 Å². The van der Waals surface area contributed by atoms with Gasteiger partial charge in [-0.05, 0) is 32.9 Å². The molecule has 1 heterocycles. The predicted octanol–water partition coefficient (Wildman–Crippen LogP) is 1.30. The SMILES string of the molecule is CCNC(=NCC(C)N1CCN(C)CC1)NCCC(O)c1ccccc1. The lowest BCUT2D eigenvalue weighted by molar-refractivity contribution is 0.122. The highest BCUT2D eigenvalue weighted by molar-refractivity contribution is 5.79. The summed E-state index contributed by atoms with van der Waals surface area (Å²) < 4.78 is 0. The van der Waals surface area contributed by atoms with Crippen LogP contribution in [0.3, 0.4) is 0 Å². The maximum atomic E-state index is 10.3. The third kappa shape index (κ3) is 6.94. The van der Waals surface area contributed by atoms with Gasteiger partial charge in [0, 0.05) is 45.3 Å². The lowest BCUT2D eigenvalue weighted by atomic mass is 10.1. The molecule has 1 aromatic carbocycles. The van der Waals surface area contributed by atoms with Crippen molar-refractivity contribution in [3.63, 3.8) is 0 Å². The van der Waals surface area contributed by atoms with E-state index in [2.05, 4.69) is 41.3 Å². The van der Waals surface area contributed by atoms with Crippen molar-refractivity contribution in [2.75, 3.05) is 52.9 Å². The van der Waals surface area contributed by atoms with Gasteiger partial charge >= 0.3 is 0 Å². The average Bonchev–Trinajstić information content (AvgIpc) is 2.67. The van der Waals surface area contributed by atoms with Gasteiger partial charge in [0.05, 0.1) is 12.6 Å². The molecule has 1 fully saturated rings. The lowest BCUT2D eigenvalue weighted by Crippen LogP contribution is -2.49. The van der Waals surface area contributed by atoms with Crippen LogP contribution < -0.4 is 10.6 Å².